The maximum atomic E-state index is 13.2. The molecule has 226 valence electrons. The van der Waals surface area contributed by atoms with E-state index in [1.807, 2.05) is 67.6 Å². The van der Waals surface area contributed by atoms with Crippen LogP contribution in [-0.4, -0.2) is 35.6 Å². The van der Waals surface area contributed by atoms with Crippen LogP contribution in [0.25, 0.3) is 0 Å². The Balaban J connectivity index is 1.00. The van der Waals surface area contributed by atoms with Crippen molar-refractivity contribution in [2.75, 3.05) is 11.9 Å². The maximum absolute atomic E-state index is 13.2. The Hall–Kier alpha value is -5.24. The molecule has 2 saturated heterocycles. The number of anilines is 1. The SMILES string of the molecule is Cc1ccc(Oc2ccc(C(C)(C)c3ccc(Oc4ccc(N5C(=O)C6C7C(=O)N(C)C(=O)C7C6C5=O)cc4)cc3)cc2)cc1. The van der Waals surface area contributed by atoms with E-state index in [1.54, 1.807) is 24.3 Å². The summed E-state index contributed by atoms with van der Waals surface area (Å²) in [6.45, 7) is 6.38. The summed E-state index contributed by atoms with van der Waals surface area (Å²) in [7, 11) is 1.40. The van der Waals surface area contributed by atoms with Gasteiger partial charge in [0.05, 0.1) is 29.4 Å². The van der Waals surface area contributed by atoms with E-state index >= 15 is 0 Å². The van der Waals surface area contributed by atoms with Crippen molar-refractivity contribution in [2.24, 2.45) is 23.7 Å². The predicted molar refractivity (Wildman–Crippen MR) is 167 cm³/mol. The molecule has 3 fully saturated rings. The van der Waals surface area contributed by atoms with E-state index in [0.717, 1.165) is 32.4 Å². The molecule has 3 aliphatic rings. The number of benzene rings is 4. The zero-order valence-electron chi connectivity index (χ0n) is 25.4. The molecule has 1 saturated carbocycles. The Bertz CT molecular complexity index is 1790. The van der Waals surface area contributed by atoms with Crippen molar-refractivity contribution >= 4 is 29.3 Å². The van der Waals surface area contributed by atoms with Gasteiger partial charge in [-0.25, -0.2) is 0 Å². The first kappa shape index (κ1) is 28.5. The van der Waals surface area contributed by atoms with Crippen LogP contribution in [0.15, 0.2) is 97.1 Å². The van der Waals surface area contributed by atoms with Crippen LogP contribution < -0.4 is 14.4 Å². The number of fused-ring (bicyclic) bond motifs is 4. The Labute approximate surface area is 261 Å². The molecule has 8 nitrogen and oxygen atoms in total. The molecular formula is C37H32N2O6. The van der Waals surface area contributed by atoms with Crippen LogP contribution in [0.1, 0.15) is 30.5 Å². The second-order valence-electron chi connectivity index (χ2n) is 12.5. The Kier molecular flexibility index (Phi) is 6.62. The van der Waals surface area contributed by atoms with Crippen LogP contribution in [0, 0.1) is 30.6 Å². The van der Waals surface area contributed by atoms with Crippen molar-refractivity contribution in [1.29, 1.82) is 0 Å². The van der Waals surface area contributed by atoms with E-state index < -0.39 is 35.5 Å². The lowest BCUT2D eigenvalue weighted by Gasteiger charge is -2.36. The van der Waals surface area contributed by atoms with Gasteiger partial charge in [0.25, 0.3) is 0 Å². The van der Waals surface area contributed by atoms with Gasteiger partial charge in [-0.3, -0.25) is 29.0 Å². The van der Waals surface area contributed by atoms with Gasteiger partial charge >= 0.3 is 0 Å². The number of hydrogen-bond acceptors (Lipinski definition) is 6. The van der Waals surface area contributed by atoms with Crippen molar-refractivity contribution in [3.05, 3.63) is 114 Å². The van der Waals surface area contributed by atoms with Crippen LogP contribution in [0.2, 0.25) is 0 Å². The molecule has 4 aromatic carbocycles. The molecule has 0 N–H and O–H groups in total. The normalized spacial score (nSPS) is 22.3. The van der Waals surface area contributed by atoms with Gasteiger partial charge < -0.3 is 9.47 Å². The smallest absolute Gasteiger partial charge is 0.238 e. The zero-order valence-corrected chi connectivity index (χ0v) is 25.4. The average molecular weight is 601 g/mol. The molecule has 0 bridgehead atoms. The van der Waals surface area contributed by atoms with Crippen molar-refractivity contribution in [1.82, 2.24) is 4.90 Å². The minimum atomic E-state index is -0.771. The van der Waals surface area contributed by atoms with Gasteiger partial charge in [0.15, 0.2) is 0 Å². The first-order valence-corrected chi connectivity index (χ1v) is 15.0. The highest BCUT2D eigenvalue weighted by Gasteiger charge is 2.73. The first-order chi connectivity index (χ1) is 21.5. The summed E-state index contributed by atoms with van der Waals surface area (Å²) in [5, 5.41) is 0. The third-order valence-electron chi connectivity index (χ3n) is 9.53. The first-order valence-electron chi connectivity index (χ1n) is 15.0. The third kappa shape index (κ3) is 4.60. The van der Waals surface area contributed by atoms with Gasteiger partial charge in [0.1, 0.15) is 23.0 Å². The zero-order chi connectivity index (χ0) is 31.6. The highest BCUT2D eigenvalue weighted by molar-refractivity contribution is 6.27. The van der Waals surface area contributed by atoms with Crippen molar-refractivity contribution in [3.63, 3.8) is 0 Å². The van der Waals surface area contributed by atoms with Gasteiger partial charge in [0.2, 0.25) is 23.6 Å². The minimum Gasteiger partial charge on any atom is -0.457 e. The van der Waals surface area contributed by atoms with Crippen LogP contribution in [0.3, 0.4) is 0 Å². The molecule has 1 aliphatic carbocycles. The molecule has 0 radical (unpaired) electrons. The number of aryl methyl sites for hydroxylation is 1. The second kappa shape index (κ2) is 10.4. The molecule has 45 heavy (non-hydrogen) atoms. The van der Waals surface area contributed by atoms with E-state index in [4.69, 9.17) is 9.47 Å². The molecule has 4 amide bonds. The van der Waals surface area contributed by atoms with Crippen LogP contribution in [0.4, 0.5) is 5.69 Å². The number of hydrogen-bond donors (Lipinski definition) is 0. The second-order valence-corrected chi connectivity index (χ2v) is 12.5. The lowest BCUT2D eigenvalue weighted by atomic mass is 9.59. The fourth-order valence-electron chi connectivity index (χ4n) is 6.78. The largest absolute Gasteiger partial charge is 0.457 e. The van der Waals surface area contributed by atoms with Crippen molar-refractivity contribution < 1.29 is 28.7 Å². The third-order valence-corrected chi connectivity index (χ3v) is 9.53. The van der Waals surface area contributed by atoms with E-state index in [2.05, 4.69) is 26.0 Å². The molecule has 7 rings (SSSR count). The summed E-state index contributed by atoms with van der Waals surface area (Å²) >= 11 is 0. The van der Waals surface area contributed by atoms with Crippen LogP contribution in [0.5, 0.6) is 23.0 Å². The number of imide groups is 2. The molecule has 4 unspecified atom stereocenters. The fourth-order valence-corrected chi connectivity index (χ4v) is 6.78. The lowest BCUT2D eigenvalue weighted by Crippen LogP contribution is -2.50. The number of carbonyl (C=O) groups excluding carboxylic acids is 4. The predicted octanol–water partition coefficient (Wildman–Crippen LogP) is 6.26. The molecule has 2 heterocycles. The summed E-state index contributed by atoms with van der Waals surface area (Å²) < 4.78 is 12.0. The van der Waals surface area contributed by atoms with Crippen molar-refractivity contribution in [3.8, 4) is 23.0 Å². The number of likely N-dealkylation sites (tertiary alicyclic amines) is 1. The molecule has 4 aromatic rings. The van der Waals surface area contributed by atoms with Gasteiger partial charge in [-0.2, -0.15) is 0 Å². The summed E-state index contributed by atoms with van der Waals surface area (Å²) in [6, 6.07) is 30.7. The summed E-state index contributed by atoms with van der Waals surface area (Å²) in [5.74, 6) is -1.86. The average Bonchev–Trinajstić information content (AvgIpc) is 3.33. The summed E-state index contributed by atoms with van der Waals surface area (Å²) in [5.41, 5.74) is 3.58. The summed E-state index contributed by atoms with van der Waals surface area (Å²) in [6.07, 6.45) is 0. The topological polar surface area (TPSA) is 93.2 Å². The minimum absolute atomic E-state index is 0.264. The number of amides is 4. The molecule has 0 aromatic heterocycles. The Morgan fingerprint density at radius 1 is 0.511 bits per heavy atom. The number of rotatable bonds is 7. The molecule has 0 spiro atoms. The standard InChI is InChI=1S/C37H32N2O6/c1-21-5-13-25(14-6-21)44-26-15-7-22(8-16-26)37(2,3)23-9-17-27(18-10-23)45-28-19-11-24(12-20-28)39-35(42)31-29-30(32(31)36(39)43)34(41)38(4)33(29)40/h5-20,29-32H,1-4H3. The van der Waals surface area contributed by atoms with Crippen molar-refractivity contribution in [2.45, 2.75) is 26.2 Å². The number of ether oxygens (including phenoxy) is 2. The van der Waals surface area contributed by atoms with Crippen LogP contribution >= 0.6 is 0 Å². The van der Waals surface area contributed by atoms with Gasteiger partial charge in [-0.1, -0.05) is 55.8 Å². The molecule has 4 atom stereocenters. The van der Waals surface area contributed by atoms with Gasteiger partial charge in [-0.15, -0.1) is 0 Å². The molecule has 2 aliphatic heterocycles. The van der Waals surface area contributed by atoms with Crippen LogP contribution in [-0.2, 0) is 24.6 Å². The number of carbonyl (C=O) groups is 4. The number of nitrogens with zero attached hydrogens (tertiary/aromatic N) is 2. The van der Waals surface area contributed by atoms with Gasteiger partial charge in [-0.05, 0) is 78.7 Å². The van der Waals surface area contributed by atoms with E-state index in [0.29, 0.717) is 17.2 Å². The Morgan fingerprint density at radius 3 is 1.24 bits per heavy atom. The highest BCUT2D eigenvalue weighted by atomic mass is 16.5. The fraction of sp³-hybridized carbons (Fsp3) is 0.243. The molecular weight excluding hydrogens is 568 g/mol. The summed E-state index contributed by atoms with van der Waals surface area (Å²) in [4.78, 5) is 53.4. The Morgan fingerprint density at radius 2 is 0.844 bits per heavy atom. The monoisotopic (exact) mass is 600 g/mol. The molecule has 8 heteroatoms. The lowest BCUT2D eigenvalue weighted by molar-refractivity contribution is -0.146. The van der Waals surface area contributed by atoms with E-state index in [-0.39, 0.29) is 17.2 Å². The highest BCUT2D eigenvalue weighted by Crippen LogP contribution is 2.56. The maximum Gasteiger partial charge on any atom is 0.238 e. The van der Waals surface area contributed by atoms with E-state index in [1.165, 1.54) is 12.6 Å². The van der Waals surface area contributed by atoms with E-state index in [9.17, 15) is 19.2 Å². The van der Waals surface area contributed by atoms with Gasteiger partial charge in [0, 0.05) is 12.5 Å². The quantitative estimate of drug-likeness (QED) is 0.233.